The molecule has 0 atom stereocenters. The fourth-order valence-electron chi connectivity index (χ4n) is 2.18. The lowest BCUT2D eigenvalue weighted by molar-refractivity contribution is 0.393. The van der Waals surface area contributed by atoms with E-state index in [1.54, 1.807) is 18.4 Å². The van der Waals surface area contributed by atoms with E-state index in [-0.39, 0.29) is 0 Å². The van der Waals surface area contributed by atoms with E-state index in [9.17, 15) is 0 Å². The molecule has 0 fully saturated rings. The first-order valence-electron chi connectivity index (χ1n) is 6.45. The molecule has 0 aliphatic heterocycles. The molecule has 0 radical (unpaired) electrons. The van der Waals surface area contributed by atoms with Gasteiger partial charge in [-0.15, -0.1) is 11.3 Å². The molecule has 0 bridgehead atoms. The van der Waals surface area contributed by atoms with Crippen LogP contribution in [0.4, 0.5) is 0 Å². The van der Waals surface area contributed by atoms with E-state index in [2.05, 4.69) is 19.7 Å². The van der Waals surface area contributed by atoms with E-state index in [4.69, 9.17) is 4.74 Å². The van der Waals surface area contributed by atoms with Gasteiger partial charge in [0.2, 0.25) is 5.88 Å². The van der Waals surface area contributed by atoms with Gasteiger partial charge in [-0.25, -0.2) is 4.98 Å². The first-order valence-corrected chi connectivity index (χ1v) is 7.33. The third kappa shape index (κ3) is 2.41. The Labute approximate surface area is 121 Å². The summed E-state index contributed by atoms with van der Waals surface area (Å²) in [5, 5.41) is 5.45. The van der Waals surface area contributed by atoms with Crippen molar-refractivity contribution in [2.45, 2.75) is 13.0 Å². The molecule has 1 N–H and O–H groups in total. The van der Waals surface area contributed by atoms with E-state index in [1.807, 2.05) is 35.6 Å². The van der Waals surface area contributed by atoms with Crippen LogP contribution in [0.5, 0.6) is 5.88 Å². The van der Waals surface area contributed by atoms with Crippen LogP contribution in [0, 0.1) is 0 Å². The van der Waals surface area contributed by atoms with Gasteiger partial charge in [0, 0.05) is 50.5 Å². The maximum atomic E-state index is 5.33. The lowest BCUT2D eigenvalue weighted by Crippen LogP contribution is -2.19. The van der Waals surface area contributed by atoms with Crippen molar-refractivity contribution in [1.29, 1.82) is 0 Å². The molecular formula is C13H17N5OS. The van der Waals surface area contributed by atoms with Crippen LogP contribution in [-0.4, -0.2) is 32.6 Å². The maximum absolute atomic E-state index is 5.33. The number of rotatable bonds is 6. The monoisotopic (exact) mass is 291 g/mol. The zero-order chi connectivity index (χ0) is 13.9. The lowest BCUT2D eigenvalue weighted by Gasteiger charge is -2.06. The molecular weight excluding hydrogens is 274 g/mol. The van der Waals surface area contributed by atoms with Crippen molar-refractivity contribution in [2.75, 3.05) is 13.7 Å². The molecule has 3 rings (SSSR count). The summed E-state index contributed by atoms with van der Waals surface area (Å²) in [4.78, 5) is 9.71. The van der Waals surface area contributed by atoms with E-state index < -0.39 is 0 Å². The number of hydrogen-bond donors (Lipinski definition) is 1. The summed E-state index contributed by atoms with van der Waals surface area (Å²) < 4.78 is 9.44. The van der Waals surface area contributed by atoms with Crippen LogP contribution in [0.25, 0.3) is 4.96 Å². The van der Waals surface area contributed by atoms with Crippen LogP contribution in [0.2, 0.25) is 0 Å². The predicted octanol–water partition coefficient (Wildman–Crippen LogP) is 1.47. The molecule has 0 spiro atoms. The van der Waals surface area contributed by atoms with Crippen LogP contribution in [0.1, 0.15) is 11.5 Å². The largest absolute Gasteiger partial charge is 0.480 e. The highest BCUT2D eigenvalue weighted by atomic mass is 32.1. The van der Waals surface area contributed by atoms with Crippen LogP contribution < -0.4 is 10.1 Å². The Morgan fingerprint density at radius 3 is 3.05 bits per heavy atom. The smallest absolute Gasteiger partial charge is 0.237 e. The second-order valence-corrected chi connectivity index (χ2v) is 5.38. The van der Waals surface area contributed by atoms with Crippen molar-refractivity contribution in [3.05, 3.63) is 35.5 Å². The summed E-state index contributed by atoms with van der Waals surface area (Å²) in [6, 6.07) is 0. The van der Waals surface area contributed by atoms with Crippen LogP contribution in [0.15, 0.2) is 24.0 Å². The Bertz CT molecular complexity index is 699. The minimum absolute atomic E-state index is 0.696. The second-order valence-electron chi connectivity index (χ2n) is 4.50. The quantitative estimate of drug-likeness (QED) is 0.699. The van der Waals surface area contributed by atoms with Gasteiger partial charge in [-0.2, -0.15) is 4.98 Å². The average Bonchev–Trinajstić information content (AvgIpc) is 3.11. The molecule has 3 aromatic heterocycles. The number of ether oxygens (including phenoxy) is 1. The summed E-state index contributed by atoms with van der Waals surface area (Å²) in [6.07, 6.45) is 6.71. The Morgan fingerprint density at radius 2 is 2.30 bits per heavy atom. The van der Waals surface area contributed by atoms with Gasteiger partial charge in [-0.1, -0.05) is 0 Å². The van der Waals surface area contributed by atoms with Gasteiger partial charge in [-0.05, 0) is 0 Å². The number of imidazole rings is 2. The van der Waals surface area contributed by atoms with Crippen molar-refractivity contribution < 1.29 is 4.74 Å². The molecule has 0 aliphatic rings. The third-order valence-corrected chi connectivity index (χ3v) is 4.01. The molecule has 0 aliphatic carbocycles. The van der Waals surface area contributed by atoms with E-state index in [0.29, 0.717) is 5.88 Å². The molecule has 0 saturated carbocycles. The van der Waals surface area contributed by atoms with Gasteiger partial charge < -0.3 is 14.6 Å². The number of nitrogens with zero attached hydrogens (tertiary/aromatic N) is 4. The second kappa shape index (κ2) is 5.64. The van der Waals surface area contributed by atoms with Gasteiger partial charge in [-0.3, -0.25) is 4.40 Å². The molecule has 3 heterocycles. The van der Waals surface area contributed by atoms with Crippen molar-refractivity contribution in [3.63, 3.8) is 0 Å². The summed E-state index contributed by atoms with van der Waals surface area (Å²) >= 11 is 1.61. The standard InChI is InChI=1S/C13H17N5OS/c1-17-6-5-15-11(17)3-4-14-9-10-12(19-2)16-13-18(10)7-8-20-13/h5-8,14H,3-4,9H2,1-2H3. The van der Waals surface area contributed by atoms with Crippen molar-refractivity contribution in [2.24, 2.45) is 7.05 Å². The lowest BCUT2D eigenvalue weighted by atomic mass is 10.3. The summed E-state index contributed by atoms with van der Waals surface area (Å²) in [6.45, 7) is 1.59. The Kier molecular flexibility index (Phi) is 3.70. The van der Waals surface area contributed by atoms with Gasteiger partial charge in [0.05, 0.1) is 7.11 Å². The van der Waals surface area contributed by atoms with Crippen molar-refractivity contribution in [1.82, 2.24) is 24.3 Å². The fraction of sp³-hybridized carbons (Fsp3) is 0.385. The first kappa shape index (κ1) is 13.1. The molecule has 6 nitrogen and oxygen atoms in total. The van der Waals surface area contributed by atoms with Crippen molar-refractivity contribution >= 4 is 16.3 Å². The highest BCUT2D eigenvalue weighted by Crippen LogP contribution is 2.22. The fourth-order valence-corrected chi connectivity index (χ4v) is 2.91. The van der Waals surface area contributed by atoms with Gasteiger partial charge in [0.1, 0.15) is 11.5 Å². The summed E-state index contributed by atoms with van der Waals surface area (Å²) in [7, 11) is 3.67. The van der Waals surface area contributed by atoms with E-state index >= 15 is 0 Å². The zero-order valence-electron chi connectivity index (χ0n) is 11.5. The summed E-state index contributed by atoms with van der Waals surface area (Å²) in [5.74, 6) is 1.78. The minimum atomic E-state index is 0.696. The van der Waals surface area contributed by atoms with Gasteiger partial charge in [0.25, 0.3) is 0 Å². The van der Waals surface area contributed by atoms with E-state index in [0.717, 1.165) is 36.0 Å². The van der Waals surface area contributed by atoms with Crippen LogP contribution in [-0.2, 0) is 20.0 Å². The highest BCUT2D eigenvalue weighted by Gasteiger charge is 2.12. The minimum Gasteiger partial charge on any atom is -0.480 e. The number of nitrogens with one attached hydrogen (secondary N) is 1. The van der Waals surface area contributed by atoms with Gasteiger partial charge in [0.15, 0.2) is 4.96 Å². The maximum Gasteiger partial charge on any atom is 0.237 e. The Morgan fingerprint density at radius 1 is 1.40 bits per heavy atom. The molecule has 0 unspecified atom stereocenters. The number of methoxy groups -OCH3 is 1. The predicted molar refractivity (Wildman–Crippen MR) is 78.2 cm³/mol. The Hall–Kier alpha value is -1.86. The van der Waals surface area contributed by atoms with Gasteiger partial charge >= 0.3 is 0 Å². The highest BCUT2D eigenvalue weighted by molar-refractivity contribution is 7.15. The SMILES string of the molecule is COc1nc2sccn2c1CNCCc1nccn1C. The zero-order valence-corrected chi connectivity index (χ0v) is 12.4. The number of aryl methyl sites for hydroxylation is 1. The topological polar surface area (TPSA) is 56.4 Å². The number of aromatic nitrogens is 4. The molecule has 3 aromatic rings. The van der Waals surface area contributed by atoms with Crippen LogP contribution >= 0.6 is 11.3 Å². The molecule has 0 saturated heterocycles. The first-order chi connectivity index (χ1) is 9.79. The molecule has 20 heavy (non-hydrogen) atoms. The van der Waals surface area contributed by atoms with Crippen LogP contribution in [0.3, 0.4) is 0 Å². The molecule has 0 aromatic carbocycles. The van der Waals surface area contributed by atoms with Crippen molar-refractivity contribution in [3.8, 4) is 5.88 Å². The molecule has 7 heteroatoms. The normalized spacial score (nSPS) is 11.3. The molecule has 0 amide bonds. The number of fused-ring (bicyclic) bond motifs is 1. The molecule has 106 valence electrons. The third-order valence-electron chi connectivity index (χ3n) is 3.26. The number of thiazole rings is 1. The van der Waals surface area contributed by atoms with E-state index in [1.165, 1.54) is 0 Å². The Balaban J connectivity index is 1.62. The number of hydrogen-bond acceptors (Lipinski definition) is 5. The summed E-state index contributed by atoms with van der Waals surface area (Å²) in [5.41, 5.74) is 1.06. The average molecular weight is 291 g/mol.